The Balaban J connectivity index is 1.77. The lowest BCUT2D eigenvalue weighted by molar-refractivity contribution is -0.122. The van der Waals surface area contributed by atoms with Gasteiger partial charge in [0, 0.05) is 48.2 Å². The third-order valence-corrected chi connectivity index (χ3v) is 7.09. The fraction of sp³-hybridized carbons (Fsp3) is 0.667. The molecule has 28 heavy (non-hydrogen) atoms. The molecule has 0 aliphatic carbocycles. The van der Waals surface area contributed by atoms with Crippen LogP contribution in [0, 0.1) is 5.92 Å². The van der Waals surface area contributed by atoms with E-state index in [4.69, 9.17) is 11.6 Å². The van der Waals surface area contributed by atoms with Crippen LogP contribution in [0.4, 0.5) is 0 Å². The van der Waals surface area contributed by atoms with Crippen LogP contribution in [0.15, 0.2) is 24.3 Å². The SMILES string of the molecule is CN1C2CCC1[C@@H](CN(CCS)CC(=O)NCCS)[C@@H](c1ccc(Cl)cc1)C2. The van der Waals surface area contributed by atoms with Gasteiger partial charge in [0.1, 0.15) is 0 Å². The number of carbonyl (C=O) groups is 1. The van der Waals surface area contributed by atoms with Gasteiger partial charge in [0.2, 0.25) is 5.91 Å². The molecule has 1 aromatic carbocycles. The van der Waals surface area contributed by atoms with Crippen LogP contribution in [0.1, 0.15) is 30.7 Å². The monoisotopic (exact) mass is 441 g/mol. The average Bonchev–Trinajstić information content (AvgIpc) is 2.92. The normalized spacial score (nSPS) is 27.3. The van der Waals surface area contributed by atoms with Crippen molar-refractivity contribution in [3.05, 3.63) is 34.9 Å². The summed E-state index contributed by atoms with van der Waals surface area (Å²) in [7, 11) is 2.27. The summed E-state index contributed by atoms with van der Waals surface area (Å²) < 4.78 is 0. The number of thiol groups is 2. The van der Waals surface area contributed by atoms with Crippen molar-refractivity contribution in [1.29, 1.82) is 0 Å². The number of benzene rings is 1. The van der Waals surface area contributed by atoms with E-state index in [0.29, 0.717) is 42.8 Å². The van der Waals surface area contributed by atoms with E-state index < -0.39 is 0 Å². The van der Waals surface area contributed by atoms with Crippen LogP contribution in [-0.4, -0.2) is 72.5 Å². The van der Waals surface area contributed by atoms with Crippen molar-refractivity contribution in [1.82, 2.24) is 15.1 Å². The predicted octanol–water partition coefficient (Wildman–Crippen LogP) is 3.18. The largest absolute Gasteiger partial charge is 0.354 e. The van der Waals surface area contributed by atoms with E-state index in [1.165, 1.54) is 24.8 Å². The van der Waals surface area contributed by atoms with Crippen molar-refractivity contribution in [3.8, 4) is 0 Å². The van der Waals surface area contributed by atoms with E-state index in [-0.39, 0.29) is 5.91 Å². The molecule has 2 bridgehead atoms. The Morgan fingerprint density at radius 1 is 1.25 bits per heavy atom. The second-order valence-corrected chi connectivity index (χ2v) is 9.38. The Kier molecular flexibility index (Phi) is 8.42. The Morgan fingerprint density at radius 2 is 2.00 bits per heavy atom. The average molecular weight is 442 g/mol. The third kappa shape index (κ3) is 5.39. The molecule has 2 saturated heterocycles. The standard InChI is InChI=1S/C21H32ClN3OS2/c1-24-17-6-7-20(24)19(18(12-17)15-2-4-16(22)5-3-15)13-25(9-11-28)14-21(26)23-8-10-27/h2-5,17-20,27-28H,6-14H2,1H3,(H,23,26)/t17?,18-,19+,20?/m1/s1. The summed E-state index contributed by atoms with van der Waals surface area (Å²) in [5.74, 6) is 2.50. The van der Waals surface area contributed by atoms with E-state index in [2.05, 4.69) is 59.6 Å². The molecule has 0 aromatic heterocycles. The molecule has 156 valence electrons. The van der Waals surface area contributed by atoms with E-state index in [1.54, 1.807) is 0 Å². The van der Waals surface area contributed by atoms with Crippen molar-refractivity contribution < 1.29 is 4.79 Å². The molecule has 1 N–H and O–H groups in total. The van der Waals surface area contributed by atoms with Crippen LogP contribution >= 0.6 is 36.9 Å². The molecular formula is C21H32ClN3OS2. The van der Waals surface area contributed by atoms with Gasteiger partial charge >= 0.3 is 0 Å². The van der Waals surface area contributed by atoms with Crippen LogP contribution in [0.3, 0.4) is 0 Å². The Labute approximate surface area is 185 Å². The van der Waals surface area contributed by atoms with Gasteiger partial charge < -0.3 is 10.2 Å². The lowest BCUT2D eigenvalue weighted by Crippen LogP contribution is -2.51. The first-order valence-electron chi connectivity index (χ1n) is 10.2. The summed E-state index contributed by atoms with van der Waals surface area (Å²) in [5, 5.41) is 3.73. The van der Waals surface area contributed by atoms with Gasteiger partial charge in [0.15, 0.2) is 0 Å². The molecule has 0 spiro atoms. The molecule has 2 heterocycles. The molecule has 4 atom stereocenters. The molecule has 2 unspecified atom stereocenters. The zero-order valence-corrected chi connectivity index (χ0v) is 19.1. The quantitative estimate of drug-likeness (QED) is 0.515. The highest BCUT2D eigenvalue weighted by molar-refractivity contribution is 7.80. The molecular weight excluding hydrogens is 410 g/mol. The zero-order chi connectivity index (χ0) is 20.1. The molecule has 1 aromatic rings. The van der Waals surface area contributed by atoms with Gasteiger partial charge in [-0.25, -0.2) is 0 Å². The number of amides is 1. The number of nitrogens with zero attached hydrogens (tertiary/aromatic N) is 2. The van der Waals surface area contributed by atoms with Gasteiger partial charge in [0.05, 0.1) is 6.54 Å². The second kappa shape index (κ2) is 10.6. The van der Waals surface area contributed by atoms with Crippen molar-refractivity contribution in [2.75, 3.05) is 44.7 Å². The summed E-state index contributed by atoms with van der Waals surface area (Å²) >= 11 is 14.7. The van der Waals surface area contributed by atoms with Gasteiger partial charge in [-0.1, -0.05) is 23.7 Å². The van der Waals surface area contributed by atoms with Crippen LogP contribution in [0.25, 0.3) is 0 Å². The minimum absolute atomic E-state index is 0.0762. The molecule has 2 aliphatic heterocycles. The van der Waals surface area contributed by atoms with E-state index in [0.717, 1.165) is 23.9 Å². The molecule has 2 aliphatic rings. The predicted molar refractivity (Wildman–Crippen MR) is 124 cm³/mol. The number of rotatable bonds is 9. The lowest BCUT2D eigenvalue weighted by atomic mass is 9.76. The molecule has 2 fully saturated rings. The first-order chi connectivity index (χ1) is 13.5. The smallest absolute Gasteiger partial charge is 0.234 e. The van der Waals surface area contributed by atoms with E-state index in [1.807, 2.05) is 12.1 Å². The molecule has 3 rings (SSSR count). The zero-order valence-electron chi connectivity index (χ0n) is 16.6. The minimum Gasteiger partial charge on any atom is -0.354 e. The molecule has 0 radical (unpaired) electrons. The maximum Gasteiger partial charge on any atom is 0.234 e. The van der Waals surface area contributed by atoms with Crippen molar-refractivity contribution in [2.24, 2.45) is 5.92 Å². The summed E-state index contributed by atoms with van der Waals surface area (Å²) in [6.45, 7) is 2.78. The fourth-order valence-corrected chi connectivity index (χ4v) is 5.57. The maximum atomic E-state index is 12.3. The first-order valence-corrected chi connectivity index (χ1v) is 11.9. The van der Waals surface area contributed by atoms with Gasteiger partial charge in [-0.05, 0) is 55.8 Å². The summed E-state index contributed by atoms with van der Waals surface area (Å²) in [6.07, 6.45) is 3.70. The van der Waals surface area contributed by atoms with E-state index >= 15 is 0 Å². The van der Waals surface area contributed by atoms with Gasteiger partial charge in [-0.2, -0.15) is 25.3 Å². The molecule has 1 amide bonds. The van der Waals surface area contributed by atoms with Gasteiger partial charge in [0.25, 0.3) is 0 Å². The number of carbonyl (C=O) groups excluding carboxylic acids is 1. The number of nitrogens with one attached hydrogen (secondary N) is 1. The highest BCUT2D eigenvalue weighted by Gasteiger charge is 2.46. The third-order valence-electron chi connectivity index (χ3n) is 6.42. The summed E-state index contributed by atoms with van der Waals surface area (Å²) in [4.78, 5) is 17.2. The molecule has 0 saturated carbocycles. The Bertz CT molecular complexity index is 645. The highest BCUT2D eigenvalue weighted by Crippen LogP contribution is 2.46. The number of halogens is 1. The second-order valence-electron chi connectivity index (χ2n) is 8.05. The van der Waals surface area contributed by atoms with Crippen LogP contribution in [-0.2, 0) is 4.79 Å². The van der Waals surface area contributed by atoms with Crippen molar-refractivity contribution in [3.63, 3.8) is 0 Å². The number of fused-ring (bicyclic) bond motifs is 2. The van der Waals surface area contributed by atoms with Crippen molar-refractivity contribution in [2.45, 2.75) is 37.3 Å². The lowest BCUT2D eigenvalue weighted by Gasteiger charge is -2.45. The fourth-order valence-electron chi connectivity index (χ4n) is 5.05. The number of hydrogen-bond donors (Lipinski definition) is 3. The Morgan fingerprint density at radius 3 is 2.68 bits per heavy atom. The summed E-state index contributed by atoms with van der Waals surface area (Å²) in [6, 6.07) is 9.62. The van der Waals surface area contributed by atoms with Crippen molar-refractivity contribution >= 4 is 42.8 Å². The first kappa shape index (κ1) is 22.3. The minimum atomic E-state index is 0.0762. The summed E-state index contributed by atoms with van der Waals surface area (Å²) in [5.41, 5.74) is 1.38. The number of hydrogen-bond acceptors (Lipinski definition) is 5. The van der Waals surface area contributed by atoms with Crippen LogP contribution in [0.5, 0.6) is 0 Å². The topological polar surface area (TPSA) is 35.6 Å². The van der Waals surface area contributed by atoms with Crippen LogP contribution in [0.2, 0.25) is 5.02 Å². The van der Waals surface area contributed by atoms with E-state index in [9.17, 15) is 4.79 Å². The Hall–Kier alpha value is -0.400. The van der Waals surface area contributed by atoms with Gasteiger partial charge in [-0.3, -0.25) is 9.69 Å². The van der Waals surface area contributed by atoms with Gasteiger partial charge in [-0.15, -0.1) is 0 Å². The molecule has 7 heteroatoms. The molecule has 4 nitrogen and oxygen atoms in total. The maximum absolute atomic E-state index is 12.3. The highest BCUT2D eigenvalue weighted by atomic mass is 35.5. The number of piperidine rings is 1. The van der Waals surface area contributed by atoms with Crippen LogP contribution < -0.4 is 5.32 Å².